The third-order valence-corrected chi connectivity index (χ3v) is 2.23. The van der Waals surface area contributed by atoms with Gasteiger partial charge in [-0.1, -0.05) is 15.9 Å². The summed E-state index contributed by atoms with van der Waals surface area (Å²) in [5.41, 5.74) is 0. The smallest absolute Gasteiger partial charge is 0.316 e. The highest BCUT2D eigenvalue weighted by Gasteiger charge is 1.98. The number of carbonyl (C=O) groups is 1. The highest BCUT2D eigenvalue weighted by molar-refractivity contribution is 9.09. The molecule has 0 amide bonds. The zero-order valence-corrected chi connectivity index (χ0v) is 12.3. The lowest BCUT2D eigenvalue weighted by molar-refractivity contribution is -0.142. The van der Waals surface area contributed by atoms with E-state index in [1.54, 1.807) is 7.11 Å². The van der Waals surface area contributed by atoms with Crippen molar-refractivity contribution in [2.24, 2.45) is 0 Å². The number of alkyl halides is 1. The molecule has 0 aromatic rings. The Morgan fingerprint density at radius 3 is 1.72 bits per heavy atom. The van der Waals surface area contributed by atoms with E-state index >= 15 is 0 Å². The van der Waals surface area contributed by atoms with Crippen LogP contribution in [0.15, 0.2) is 0 Å². The van der Waals surface area contributed by atoms with E-state index in [0.717, 1.165) is 0 Å². The second-order valence-electron chi connectivity index (χ2n) is 3.18. The van der Waals surface area contributed by atoms with E-state index in [1.165, 1.54) is 0 Å². The summed E-state index contributed by atoms with van der Waals surface area (Å²) < 4.78 is 25.3. The molecular weight excluding hydrogens is 308 g/mol. The number of rotatable bonds is 13. The number of esters is 1. The fourth-order valence-electron chi connectivity index (χ4n) is 0.937. The van der Waals surface area contributed by atoms with Gasteiger partial charge in [0.25, 0.3) is 0 Å². The SMILES string of the molecule is COCCOCCOCCOCCOC(=O)CBr. The van der Waals surface area contributed by atoms with E-state index in [4.69, 9.17) is 23.7 Å². The summed E-state index contributed by atoms with van der Waals surface area (Å²) in [4.78, 5) is 10.7. The standard InChI is InChI=1S/C11H21BrO6/c1-14-2-3-15-4-5-16-6-7-17-8-9-18-11(13)10-12/h2-10H2,1H3. The fourth-order valence-corrected chi connectivity index (χ4v) is 1.10. The van der Waals surface area contributed by atoms with Crippen molar-refractivity contribution in [3.05, 3.63) is 0 Å². The maximum absolute atomic E-state index is 10.7. The van der Waals surface area contributed by atoms with Crippen LogP contribution in [0.4, 0.5) is 0 Å². The van der Waals surface area contributed by atoms with E-state index in [2.05, 4.69) is 15.9 Å². The van der Waals surface area contributed by atoms with Crippen molar-refractivity contribution in [1.29, 1.82) is 0 Å². The molecule has 0 bridgehead atoms. The van der Waals surface area contributed by atoms with Crippen LogP contribution in [0.3, 0.4) is 0 Å². The summed E-state index contributed by atoms with van der Waals surface area (Å²) in [6.07, 6.45) is 0. The van der Waals surface area contributed by atoms with E-state index in [9.17, 15) is 4.79 Å². The highest BCUT2D eigenvalue weighted by atomic mass is 79.9. The molecule has 0 heterocycles. The predicted octanol–water partition coefficient (Wildman–Crippen LogP) is 0.621. The zero-order chi connectivity index (χ0) is 13.5. The summed E-state index contributed by atoms with van der Waals surface area (Å²) in [5, 5.41) is 0.208. The Morgan fingerprint density at radius 2 is 1.28 bits per heavy atom. The van der Waals surface area contributed by atoms with Crippen molar-refractivity contribution < 1.29 is 28.5 Å². The van der Waals surface area contributed by atoms with Gasteiger partial charge in [0.15, 0.2) is 0 Å². The average Bonchev–Trinajstić information content (AvgIpc) is 2.39. The molecule has 0 saturated heterocycles. The first kappa shape index (κ1) is 17.8. The lowest BCUT2D eigenvalue weighted by Crippen LogP contribution is -2.14. The van der Waals surface area contributed by atoms with Gasteiger partial charge in [0.05, 0.1) is 46.2 Å². The molecule has 0 atom stereocenters. The number of carbonyl (C=O) groups excluding carboxylic acids is 1. The maximum Gasteiger partial charge on any atom is 0.316 e. The number of halogens is 1. The number of ether oxygens (including phenoxy) is 5. The van der Waals surface area contributed by atoms with Crippen LogP contribution in [-0.4, -0.2) is 71.3 Å². The summed E-state index contributed by atoms with van der Waals surface area (Å²) in [7, 11) is 1.63. The Labute approximate surface area is 116 Å². The van der Waals surface area contributed by atoms with Gasteiger partial charge in [-0.05, 0) is 0 Å². The maximum atomic E-state index is 10.7. The van der Waals surface area contributed by atoms with Gasteiger partial charge in [-0.25, -0.2) is 0 Å². The van der Waals surface area contributed by atoms with Crippen LogP contribution in [0.25, 0.3) is 0 Å². The van der Waals surface area contributed by atoms with Crippen LogP contribution in [0, 0.1) is 0 Å². The van der Waals surface area contributed by atoms with Gasteiger partial charge in [-0.3, -0.25) is 4.79 Å². The van der Waals surface area contributed by atoms with Crippen LogP contribution in [0.2, 0.25) is 0 Å². The molecule has 0 unspecified atom stereocenters. The highest BCUT2D eigenvalue weighted by Crippen LogP contribution is 1.86. The molecule has 0 saturated carbocycles. The van der Waals surface area contributed by atoms with Gasteiger partial charge in [-0.15, -0.1) is 0 Å². The molecule has 0 aromatic heterocycles. The Morgan fingerprint density at radius 1 is 0.833 bits per heavy atom. The van der Waals surface area contributed by atoms with Crippen LogP contribution in [-0.2, 0) is 28.5 Å². The van der Waals surface area contributed by atoms with E-state index in [1.807, 2.05) is 0 Å². The summed E-state index contributed by atoms with van der Waals surface area (Å²) in [6.45, 7) is 3.88. The van der Waals surface area contributed by atoms with Gasteiger partial charge in [0, 0.05) is 7.11 Å². The molecule has 0 radical (unpaired) electrons. The van der Waals surface area contributed by atoms with Crippen molar-refractivity contribution in [3.8, 4) is 0 Å². The van der Waals surface area contributed by atoms with Crippen molar-refractivity contribution >= 4 is 21.9 Å². The molecule has 0 rings (SSSR count). The minimum absolute atomic E-state index is 0.208. The summed E-state index contributed by atoms with van der Waals surface area (Å²) in [6, 6.07) is 0. The van der Waals surface area contributed by atoms with Gasteiger partial charge >= 0.3 is 5.97 Å². The molecule has 108 valence electrons. The Kier molecular flexibility index (Phi) is 14.7. The quantitative estimate of drug-likeness (QED) is 0.280. The van der Waals surface area contributed by atoms with Crippen LogP contribution >= 0.6 is 15.9 Å². The molecule has 0 spiro atoms. The molecule has 0 aliphatic heterocycles. The van der Waals surface area contributed by atoms with Gasteiger partial charge in [0.1, 0.15) is 11.9 Å². The van der Waals surface area contributed by atoms with Crippen molar-refractivity contribution in [3.63, 3.8) is 0 Å². The molecule has 0 fully saturated rings. The summed E-state index contributed by atoms with van der Waals surface area (Å²) >= 11 is 2.99. The molecule has 6 nitrogen and oxygen atoms in total. The first-order chi connectivity index (χ1) is 8.81. The third-order valence-electron chi connectivity index (χ3n) is 1.78. The molecule has 0 aliphatic rings. The molecule has 18 heavy (non-hydrogen) atoms. The zero-order valence-electron chi connectivity index (χ0n) is 10.7. The number of hydrogen-bond donors (Lipinski definition) is 0. The number of hydrogen-bond acceptors (Lipinski definition) is 6. The van der Waals surface area contributed by atoms with Gasteiger partial charge in [0.2, 0.25) is 0 Å². The molecular formula is C11H21BrO6. The number of methoxy groups -OCH3 is 1. The van der Waals surface area contributed by atoms with Crippen molar-refractivity contribution in [1.82, 2.24) is 0 Å². The Balaban J connectivity index is 2.97. The van der Waals surface area contributed by atoms with Crippen molar-refractivity contribution in [2.75, 3.05) is 65.3 Å². The fraction of sp³-hybridized carbons (Fsp3) is 0.909. The summed E-state index contributed by atoms with van der Waals surface area (Å²) in [5.74, 6) is -0.289. The van der Waals surface area contributed by atoms with E-state index in [0.29, 0.717) is 46.2 Å². The van der Waals surface area contributed by atoms with E-state index < -0.39 is 0 Å². The second-order valence-corrected chi connectivity index (χ2v) is 3.74. The van der Waals surface area contributed by atoms with Crippen LogP contribution in [0.1, 0.15) is 0 Å². The van der Waals surface area contributed by atoms with E-state index in [-0.39, 0.29) is 17.9 Å². The Hall–Kier alpha value is -0.210. The van der Waals surface area contributed by atoms with Crippen LogP contribution in [0.5, 0.6) is 0 Å². The topological polar surface area (TPSA) is 63.2 Å². The molecule has 7 heteroatoms. The monoisotopic (exact) mass is 328 g/mol. The minimum atomic E-state index is -0.289. The largest absolute Gasteiger partial charge is 0.463 e. The first-order valence-electron chi connectivity index (χ1n) is 5.75. The van der Waals surface area contributed by atoms with Crippen LogP contribution < -0.4 is 0 Å². The van der Waals surface area contributed by atoms with Gasteiger partial charge in [-0.2, -0.15) is 0 Å². The first-order valence-corrected chi connectivity index (χ1v) is 6.87. The van der Waals surface area contributed by atoms with Gasteiger partial charge < -0.3 is 23.7 Å². The molecule has 0 aromatic carbocycles. The molecule has 0 N–H and O–H groups in total. The normalized spacial score (nSPS) is 10.6. The Bertz CT molecular complexity index is 190. The predicted molar refractivity (Wildman–Crippen MR) is 69.1 cm³/mol. The lowest BCUT2D eigenvalue weighted by atomic mass is 10.7. The second kappa shape index (κ2) is 14.8. The lowest BCUT2D eigenvalue weighted by Gasteiger charge is -2.06. The molecule has 0 aliphatic carbocycles. The third kappa shape index (κ3) is 13.9. The van der Waals surface area contributed by atoms with Crippen molar-refractivity contribution in [2.45, 2.75) is 0 Å². The minimum Gasteiger partial charge on any atom is -0.463 e. The average molecular weight is 329 g/mol.